The van der Waals surface area contributed by atoms with Crippen LogP contribution in [0.15, 0.2) is 48.1 Å². The van der Waals surface area contributed by atoms with Gasteiger partial charge in [-0.1, -0.05) is 18.1 Å². The number of hydrogen-bond acceptors (Lipinski definition) is 6. The normalized spacial score (nSPS) is 34.6. The van der Waals surface area contributed by atoms with Gasteiger partial charge in [0.1, 0.15) is 0 Å². The Hall–Kier alpha value is -3.56. The number of imide groups is 2. The number of nitrogens with zero attached hydrogens (tertiary/aromatic N) is 6. The summed E-state index contributed by atoms with van der Waals surface area (Å²) < 4.78 is 3.60. The van der Waals surface area contributed by atoms with Crippen LogP contribution in [0.4, 0.5) is 0 Å². The van der Waals surface area contributed by atoms with Gasteiger partial charge in [-0.05, 0) is 57.1 Å². The molecule has 8 rings (SSSR count). The van der Waals surface area contributed by atoms with Crippen LogP contribution in [0.5, 0.6) is 0 Å². The van der Waals surface area contributed by atoms with E-state index in [1.165, 1.54) is 15.4 Å². The zero-order valence-electron chi connectivity index (χ0n) is 23.1. The maximum atomic E-state index is 14.2. The number of aryl methyl sites for hydroxylation is 2. The summed E-state index contributed by atoms with van der Waals surface area (Å²) in [7, 11) is 0. The molecule has 2 bridgehead atoms. The molecule has 1 spiro atoms. The molecule has 210 valence electrons. The first-order valence-electron chi connectivity index (χ1n) is 14.7. The first-order chi connectivity index (χ1) is 19.4. The van der Waals surface area contributed by atoms with E-state index >= 15 is 0 Å². The van der Waals surface area contributed by atoms with Crippen molar-refractivity contribution in [1.82, 2.24) is 29.4 Å². The van der Waals surface area contributed by atoms with Crippen molar-refractivity contribution in [1.29, 1.82) is 0 Å². The van der Waals surface area contributed by atoms with E-state index in [1.54, 1.807) is 21.8 Å². The number of likely N-dealkylation sites (tertiary alicyclic amines) is 2. The topological polar surface area (TPSA) is 110 Å². The third-order valence-electron chi connectivity index (χ3n) is 10.7. The zero-order chi connectivity index (χ0) is 27.8. The molecule has 2 aromatic heterocycles. The highest BCUT2D eigenvalue weighted by atomic mass is 16.2. The van der Waals surface area contributed by atoms with Crippen LogP contribution in [-0.2, 0) is 32.3 Å². The van der Waals surface area contributed by atoms with Crippen molar-refractivity contribution in [3.8, 4) is 0 Å². The molecule has 4 heterocycles. The van der Waals surface area contributed by atoms with Crippen molar-refractivity contribution in [3.05, 3.63) is 48.1 Å². The van der Waals surface area contributed by atoms with Gasteiger partial charge in [-0.2, -0.15) is 10.2 Å². The lowest BCUT2D eigenvalue weighted by Gasteiger charge is -2.62. The highest BCUT2D eigenvalue weighted by Gasteiger charge is 2.78. The van der Waals surface area contributed by atoms with E-state index in [0.717, 1.165) is 24.8 Å². The highest BCUT2D eigenvalue weighted by Crippen LogP contribution is 2.73. The van der Waals surface area contributed by atoms with Gasteiger partial charge in [-0.15, -0.1) is 0 Å². The molecule has 6 aliphatic rings. The van der Waals surface area contributed by atoms with Crippen molar-refractivity contribution < 1.29 is 19.2 Å². The molecule has 10 heteroatoms. The van der Waals surface area contributed by atoms with Crippen LogP contribution < -0.4 is 0 Å². The Morgan fingerprint density at radius 3 is 1.77 bits per heavy atom. The molecule has 0 aromatic carbocycles. The third kappa shape index (κ3) is 3.28. The minimum Gasteiger partial charge on any atom is -0.282 e. The first-order valence-corrected chi connectivity index (χ1v) is 14.7. The highest BCUT2D eigenvalue weighted by molar-refractivity contribution is 6.12. The Morgan fingerprint density at radius 2 is 1.30 bits per heavy atom. The van der Waals surface area contributed by atoms with E-state index in [9.17, 15) is 19.2 Å². The van der Waals surface area contributed by atoms with E-state index in [4.69, 9.17) is 0 Å². The number of carbonyl (C=O) groups excluding carboxylic acids is 4. The van der Waals surface area contributed by atoms with Crippen LogP contribution >= 0.6 is 0 Å². The van der Waals surface area contributed by atoms with Crippen molar-refractivity contribution >= 4 is 23.6 Å². The summed E-state index contributed by atoms with van der Waals surface area (Å²) >= 11 is 0. The number of carbonyl (C=O) groups is 4. The fourth-order valence-electron chi connectivity index (χ4n) is 9.34. The summed E-state index contributed by atoms with van der Waals surface area (Å²) in [5, 5.41) is 8.47. The largest absolute Gasteiger partial charge is 0.282 e. The summed E-state index contributed by atoms with van der Waals surface area (Å²) in [6, 6.07) is 3.71. The fourth-order valence-corrected chi connectivity index (χ4v) is 9.34. The van der Waals surface area contributed by atoms with Crippen LogP contribution in [0.25, 0.3) is 0 Å². The quantitative estimate of drug-likeness (QED) is 0.373. The third-order valence-corrected chi connectivity index (χ3v) is 10.7. The van der Waals surface area contributed by atoms with Crippen LogP contribution in [0.2, 0.25) is 0 Å². The Balaban J connectivity index is 1.23. The van der Waals surface area contributed by atoms with Gasteiger partial charge in [0.05, 0.1) is 23.7 Å². The lowest BCUT2D eigenvalue weighted by atomic mass is 9.37. The predicted octanol–water partition coefficient (Wildman–Crippen LogP) is 2.53. The summed E-state index contributed by atoms with van der Waals surface area (Å²) in [6.07, 6.45) is 11.1. The lowest BCUT2D eigenvalue weighted by Crippen LogP contribution is -2.64. The molecular formula is C30H36N6O4. The van der Waals surface area contributed by atoms with Gasteiger partial charge in [0.25, 0.3) is 0 Å². The van der Waals surface area contributed by atoms with Gasteiger partial charge >= 0.3 is 0 Å². The summed E-state index contributed by atoms with van der Waals surface area (Å²) in [4.78, 5) is 59.5. The molecule has 2 aromatic rings. The first kappa shape index (κ1) is 25.4. The molecule has 2 aliphatic heterocycles. The van der Waals surface area contributed by atoms with E-state index in [1.807, 2.05) is 24.5 Å². The predicted molar refractivity (Wildman–Crippen MR) is 143 cm³/mol. The number of rotatable bonds is 8. The van der Waals surface area contributed by atoms with E-state index in [0.29, 0.717) is 39.0 Å². The molecule has 4 aliphatic carbocycles. The molecule has 3 unspecified atom stereocenters. The second-order valence-electron chi connectivity index (χ2n) is 12.3. The summed E-state index contributed by atoms with van der Waals surface area (Å²) in [6.45, 7) is 6.09. The summed E-state index contributed by atoms with van der Waals surface area (Å²) in [5.74, 6) is -3.22. The SMILES string of the molecule is CC1=C2CCCC(C)C23[C@@H]2C(=O)N(CCCn4cccn4)C(=O)[C@H]2C1[C@@H]1C(=O)N(CCCn2cccn2)C(=O)[C@@H]13. The Bertz CT molecular complexity index is 1310. The maximum absolute atomic E-state index is 14.2. The standard InChI is InChI=1S/C30H36N6O4/c1-18-8-3-9-20-19(2)21-22-24(28(39)35(26(22)37)16-6-14-33-12-4-10-31-33)30(18,20)25-23(21)27(38)36(29(25)40)17-7-15-34-13-5-11-32-34/h4-5,10-13,18,21-25H,3,6-9,14-17H2,1-2H3/t18?,21?,22-,23-,24-,25+,30?/m0/s1. The average Bonchev–Trinajstić information content (AvgIpc) is 3.74. The van der Waals surface area contributed by atoms with Gasteiger partial charge in [-0.25, -0.2) is 0 Å². The van der Waals surface area contributed by atoms with Crippen LogP contribution in [0, 0.1) is 40.9 Å². The van der Waals surface area contributed by atoms with Crippen LogP contribution in [-0.4, -0.2) is 66.1 Å². The van der Waals surface area contributed by atoms with Crippen molar-refractivity contribution in [2.75, 3.05) is 13.1 Å². The van der Waals surface area contributed by atoms with E-state index in [2.05, 4.69) is 24.0 Å². The zero-order valence-corrected chi connectivity index (χ0v) is 23.1. The van der Waals surface area contributed by atoms with Gasteiger partial charge in [0.2, 0.25) is 23.6 Å². The number of aromatic nitrogens is 4. The van der Waals surface area contributed by atoms with E-state index < -0.39 is 35.0 Å². The monoisotopic (exact) mass is 544 g/mol. The average molecular weight is 545 g/mol. The molecule has 2 saturated heterocycles. The van der Waals surface area contributed by atoms with E-state index in [-0.39, 0.29) is 29.5 Å². The minimum absolute atomic E-state index is 0.0361. The molecule has 2 saturated carbocycles. The number of amides is 4. The molecular weight excluding hydrogens is 508 g/mol. The smallest absolute Gasteiger partial charge is 0.234 e. The number of allylic oxidation sites excluding steroid dienone is 2. The van der Waals surface area contributed by atoms with Gasteiger partial charge in [-0.3, -0.25) is 38.3 Å². The maximum Gasteiger partial charge on any atom is 0.234 e. The lowest BCUT2D eigenvalue weighted by molar-refractivity contribution is -0.159. The fraction of sp³-hybridized carbons (Fsp3) is 0.600. The molecule has 10 nitrogen and oxygen atoms in total. The molecule has 0 N–H and O–H groups in total. The van der Waals surface area contributed by atoms with Crippen LogP contribution in [0.1, 0.15) is 46.0 Å². The second-order valence-corrected chi connectivity index (χ2v) is 12.3. The van der Waals surface area contributed by atoms with Crippen molar-refractivity contribution in [2.24, 2.45) is 40.9 Å². The number of hydrogen-bond donors (Lipinski definition) is 0. The Kier molecular flexibility index (Phi) is 5.87. The molecule has 7 atom stereocenters. The van der Waals surface area contributed by atoms with Crippen molar-refractivity contribution in [2.45, 2.75) is 59.0 Å². The summed E-state index contributed by atoms with van der Waals surface area (Å²) in [5.41, 5.74) is 1.52. The molecule has 40 heavy (non-hydrogen) atoms. The second kappa shape index (κ2) is 9.24. The van der Waals surface area contributed by atoms with Gasteiger partial charge in [0.15, 0.2) is 0 Å². The van der Waals surface area contributed by atoms with Gasteiger partial charge in [0, 0.05) is 62.3 Å². The molecule has 4 fully saturated rings. The Morgan fingerprint density at radius 1 is 0.775 bits per heavy atom. The minimum atomic E-state index is -0.765. The van der Waals surface area contributed by atoms with Crippen molar-refractivity contribution in [3.63, 3.8) is 0 Å². The molecule has 0 radical (unpaired) electrons. The Labute approximate surface area is 233 Å². The van der Waals surface area contributed by atoms with Crippen LogP contribution in [0.3, 0.4) is 0 Å². The van der Waals surface area contributed by atoms with Gasteiger partial charge < -0.3 is 0 Å². The molecule has 4 amide bonds.